The number of hydrogen-bond donors (Lipinski definition) is 2. The fourth-order valence-corrected chi connectivity index (χ4v) is 2.64. The molecule has 0 unspecified atom stereocenters. The highest BCUT2D eigenvalue weighted by Gasteiger charge is 2.16. The van der Waals surface area contributed by atoms with Crippen LogP contribution < -0.4 is 10.0 Å². The van der Waals surface area contributed by atoms with Gasteiger partial charge in [-0.05, 0) is 30.7 Å². The summed E-state index contributed by atoms with van der Waals surface area (Å²) in [5.41, 5.74) is 6.48. The Hall–Kier alpha value is -1.56. The van der Waals surface area contributed by atoms with Crippen LogP contribution in [0.4, 0.5) is 5.69 Å². The number of nitrogens with zero attached hydrogens (tertiary/aromatic N) is 1. The van der Waals surface area contributed by atoms with Crippen LogP contribution in [0.15, 0.2) is 24.3 Å². The van der Waals surface area contributed by atoms with Crippen LogP contribution in [-0.4, -0.2) is 27.1 Å². The van der Waals surface area contributed by atoms with E-state index in [0.717, 1.165) is 0 Å². The Labute approximate surface area is 102 Å². The van der Waals surface area contributed by atoms with Gasteiger partial charge < -0.3 is 5.73 Å². The van der Waals surface area contributed by atoms with Crippen molar-refractivity contribution in [2.24, 2.45) is 5.73 Å². The molecule has 0 bridgehead atoms. The van der Waals surface area contributed by atoms with Crippen LogP contribution in [0.3, 0.4) is 0 Å². The zero-order valence-electron chi connectivity index (χ0n) is 9.97. The van der Waals surface area contributed by atoms with E-state index in [1.807, 2.05) is 6.92 Å². The van der Waals surface area contributed by atoms with Gasteiger partial charge in [0.25, 0.3) is 0 Å². The molecule has 0 atom stereocenters. The Bertz CT molecular complexity index is 494. The van der Waals surface area contributed by atoms with Crippen molar-refractivity contribution in [1.29, 1.82) is 5.41 Å². The Morgan fingerprint density at radius 2 is 1.88 bits per heavy atom. The molecule has 1 rings (SSSR count). The molecule has 6 heteroatoms. The highest BCUT2D eigenvalue weighted by molar-refractivity contribution is 7.92. The maximum Gasteiger partial charge on any atom is 0.234 e. The number of amidine groups is 1. The van der Waals surface area contributed by atoms with Gasteiger partial charge in [0.1, 0.15) is 5.84 Å². The third-order valence-corrected chi connectivity index (χ3v) is 4.39. The molecule has 94 valence electrons. The Morgan fingerprint density at radius 1 is 1.35 bits per heavy atom. The largest absolute Gasteiger partial charge is 0.384 e. The lowest BCUT2D eigenvalue weighted by atomic mass is 10.2. The lowest BCUT2D eigenvalue weighted by Crippen LogP contribution is -2.28. The molecular formula is C11H17N3O2S. The summed E-state index contributed by atoms with van der Waals surface area (Å²) in [4.78, 5) is 0. The van der Waals surface area contributed by atoms with Crippen molar-refractivity contribution in [3.05, 3.63) is 29.8 Å². The summed E-state index contributed by atoms with van der Waals surface area (Å²) in [5, 5.41) is 7.25. The van der Waals surface area contributed by atoms with Gasteiger partial charge in [0, 0.05) is 12.6 Å². The minimum absolute atomic E-state index is 0.0318. The second-order valence-corrected chi connectivity index (χ2v) is 5.86. The van der Waals surface area contributed by atoms with Crippen molar-refractivity contribution in [3.63, 3.8) is 0 Å². The summed E-state index contributed by atoms with van der Waals surface area (Å²) in [5.74, 6) is 0.0911. The average Bonchev–Trinajstić information content (AvgIpc) is 2.28. The maximum atomic E-state index is 11.8. The third kappa shape index (κ3) is 3.20. The summed E-state index contributed by atoms with van der Waals surface area (Å²) in [7, 11) is -1.73. The summed E-state index contributed by atoms with van der Waals surface area (Å²) >= 11 is 0. The molecule has 0 amide bonds. The van der Waals surface area contributed by atoms with Crippen molar-refractivity contribution in [3.8, 4) is 0 Å². The van der Waals surface area contributed by atoms with Crippen LogP contribution in [0, 0.1) is 5.41 Å². The van der Waals surface area contributed by atoms with E-state index in [9.17, 15) is 8.42 Å². The van der Waals surface area contributed by atoms with Crippen molar-refractivity contribution >= 4 is 21.5 Å². The van der Waals surface area contributed by atoms with Gasteiger partial charge in [0.2, 0.25) is 10.0 Å². The van der Waals surface area contributed by atoms with E-state index in [1.165, 1.54) is 11.4 Å². The number of sulfonamides is 1. The Kier molecular flexibility index (Phi) is 4.11. The molecular weight excluding hydrogens is 238 g/mol. The average molecular weight is 255 g/mol. The molecule has 0 radical (unpaired) electrons. The smallest absolute Gasteiger partial charge is 0.234 e. The number of rotatable bonds is 5. The highest BCUT2D eigenvalue weighted by Crippen LogP contribution is 2.17. The molecule has 0 aliphatic carbocycles. The molecule has 0 aliphatic rings. The second-order valence-electron chi connectivity index (χ2n) is 3.74. The van der Waals surface area contributed by atoms with E-state index in [0.29, 0.717) is 17.7 Å². The van der Waals surface area contributed by atoms with Gasteiger partial charge in [-0.3, -0.25) is 9.71 Å². The number of hydrogen-bond acceptors (Lipinski definition) is 3. The molecule has 17 heavy (non-hydrogen) atoms. The molecule has 5 nitrogen and oxygen atoms in total. The zero-order chi connectivity index (χ0) is 13.1. The lowest BCUT2D eigenvalue weighted by Gasteiger charge is -2.19. The van der Waals surface area contributed by atoms with E-state index in [1.54, 1.807) is 24.3 Å². The molecule has 1 aromatic carbocycles. The predicted octanol–water partition coefficient (Wildman–Crippen LogP) is 1.15. The summed E-state index contributed by atoms with van der Waals surface area (Å²) in [6, 6.07) is 6.55. The van der Waals surface area contributed by atoms with Gasteiger partial charge in [0.15, 0.2) is 0 Å². The third-order valence-electron chi connectivity index (χ3n) is 2.42. The van der Waals surface area contributed by atoms with Gasteiger partial charge in [-0.2, -0.15) is 0 Å². The predicted molar refractivity (Wildman–Crippen MR) is 69.9 cm³/mol. The van der Waals surface area contributed by atoms with Gasteiger partial charge in [-0.15, -0.1) is 0 Å². The van der Waals surface area contributed by atoms with Crippen molar-refractivity contribution in [2.75, 3.05) is 17.1 Å². The Morgan fingerprint density at radius 3 is 2.29 bits per heavy atom. The zero-order valence-corrected chi connectivity index (χ0v) is 10.8. The van der Waals surface area contributed by atoms with Crippen molar-refractivity contribution < 1.29 is 8.42 Å². The van der Waals surface area contributed by atoms with Crippen LogP contribution in [0.2, 0.25) is 0 Å². The molecule has 0 spiro atoms. The van der Waals surface area contributed by atoms with E-state index in [-0.39, 0.29) is 11.6 Å². The number of benzene rings is 1. The quantitative estimate of drug-likeness (QED) is 0.611. The molecule has 0 aromatic heterocycles. The van der Waals surface area contributed by atoms with Crippen molar-refractivity contribution in [2.45, 2.75) is 13.3 Å². The molecule has 0 saturated heterocycles. The van der Waals surface area contributed by atoms with Gasteiger partial charge >= 0.3 is 0 Å². The fourth-order valence-electron chi connectivity index (χ4n) is 1.41. The van der Waals surface area contributed by atoms with Crippen LogP contribution in [-0.2, 0) is 10.0 Å². The van der Waals surface area contributed by atoms with E-state index in [4.69, 9.17) is 11.1 Å². The van der Waals surface area contributed by atoms with E-state index in [2.05, 4.69) is 0 Å². The Balaban J connectivity index is 2.98. The minimum atomic E-state index is -3.25. The van der Waals surface area contributed by atoms with Crippen LogP contribution in [0.5, 0.6) is 0 Å². The van der Waals surface area contributed by atoms with Crippen molar-refractivity contribution in [1.82, 2.24) is 0 Å². The van der Waals surface area contributed by atoms with Crippen LogP contribution in [0.25, 0.3) is 0 Å². The molecule has 0 fully saturated rings. The van der Waals surface area contributed by atoms with E-state index < -0.39 is 10.0 Å². The van der Waals surface area contributed by atoms with Crippen LogP contribution in [0.1, 0.15) is 18.9 Å². The molecule has 1 aromatic rings. The second kappa shape index (κ2) is 5.18. The number of nitrogen functional groups attached to an aromatic ring is 1. The first kappa shape index (κ1) is 13.5. The first-order valence-corrected chi connectivity index (χ1v) is 6.90. The molecule has 0 aliphatic heterocycles. The standard InChI is InChI=1S/C11H17N3O2S/c1-3-8-17(15,16)14(2)10-6-4-9(5-7-10)11(12)13/h4-7H,3,8H2,1-2H3,(H3,12,13). The lowest BCUT2D eigenvalue weighted by molar-refractivity contribution is 0.593. The summed E-state index contributed by atoms with van der Waals surface area (Å²) < 4.78 is 24.9. The fraction of sp³-hybridized carbons (Fsp3) is 0.364. The number of nitrogens with one attached hydrogen (secondary N) is 1. The van der Waals surface area contributed by atoms with Crippen LogP contribution >= 0.6 is 0 Å². The first-order chi connectivity index (χ1) is 7.88. The number of anilines is 1. The highest BCUT2D eigenvalue weighted by atomic mass is 32.2. The summed E-state index contributed by atoms with van der Waals surface area (Å²) in [6.07, 6.45) is 0.582. The van der Waals surface area contributed by atoms with Gasteiger partial charge in [0.05, 0.1) is 11.4 Å². The first-order valence-electron chi connectivity index (χ1n) is 5.29. The number of nitrogens with two attached hydrogens (primary N) is 1. The van der Waals surface area contributed by atoms with Gasteiger partial charge in [-0.25, -0.2) is 8.42 Å². The molecule has 0 heterocycles. The minimum Gasteiger partial charge on any atom is -0.384 e. The van der Waals surface area contributed by atoms with E-state index >= 15 is 0 Å². The normalized spacial score (nSPS) is 11.2. The summed E-state index contributed by atoms with van der Waals surface area (Å²) in [6.45, 7) is 1.82. The maximum absolute atomic E-state index is 11.8. The molecule has 0 saturated carbocycles. The topological polar surface area (TPSA) is 87.2 Å². The van der Waals surface area contributed by atoms with Gasteiger partial charge in [-0.1, -0.05) is 6.92 Å². The monoisotopic (exact) mass is 255 g/mol. The molecule has 3 N–H and O–H groups in total. The SMILES string of the molecule is CCCS(=O)(=O)N(C)c1ccc(C(=N)N)cc1.